The summed E-state index contributed by atoms with van der Waals surface area (Å²) in [6, 6.07) is 17.1. The van der Waals surface area contributed by atoms with Crippen LogP contribution in [0.25, 0.3) is 11.1 Å². The Hall–Kier alpha value is -2.29. The molecule has 23 heavy (non-hydrogen) atoms. The molecule has 0 spiro atoms. The summed E-state index contributed by atoms with van der Waals surface area (Å²) in [6.07, 6.45) is 2.08. The van der Waals surface area contributed by atoms with Gasteiger partial charge in [-0.1, -0.05) is 43.3 Å². The van der Waals surface area contributed by atoms with Crippen LogP contribution in [0.4, 0.5) is 5.69 Å². The number of hydrogen-bond acceptors (Lipinski definition) is 2. The first-order valence-electron chi connectivity index (χ1n) is 8.04. The number of aliphatic carboxylic acids is 1. The topological polar surface area (TPSA) is 40.5 Å². The van der Waals surface area contributed by atoms with E-state index >= 15 is 0 Å². The molecule has 2 aromatic rings. The maximum atomic E-state index is 10.7. The molecule has 1 N–H and O–H groups in total. The lowest BCUT2D eigenvalue weighted by molar-refractivity contribution is -0.138. The molecule has 2 aromatic carbocycles. The normalized spacial score (nSPS) is 12.0. The molecule has 1 atom stereocenters. The zero-order chi connectivity index (χ0) is 16.8. The standard InChI is InChI=1S/C20H25NO2/c1-15(14-20(22)23)4-5-16-6-8-17(9-7-16)18-10-12-19(13-11-18)21(2)3/h6-13,15H,4-5,14H2,1-3H3,(H,22,23). The lowest BCUT2D eigenvalue weighted by atomic mass is 9.97. The molecule has 122 valence electrons. The predicted octanol–water partition coefficient (Wildman–Crippen LogP) is 4.46. The van der Waals surface area contributed by atoms with E-state index in [2.05, 4.69) is 53.4 Å². The monoisotopic (exact) mass is 311 g/mol. The number of benzene rings is 2. The summed E-state index contributed by atoms with van der Waals surface area (Å²) in [5.41, 5.74) is 4.87. The van der Waals surface area contributed by atoms with Crippen LogP contribution in [0, 0.1) is 5.92 Å². The average molecular weight is 311 g/mol. The highest BCUT2D eigenvalue weighted by Crippen LogP contribution is 2.23. The SMILES string of the molecule is CC(CCc1ccc(-c2ccc(N(C)C)cc2)cc1)CC(=O)O. The number of nitrogens with zero attached hydrogens (tertiary/aromatic N) is 1. The third-order valence-corrected chi connectivity index (χ3v) is 4.12. The first-order valence-corrected chi connectivity index (χ1v) is 8.04. The third kappa shape index (κ3) is 5.13. The molecule has 0 aliphatic carbocycles. The van der Waals surface area contributed by atoms with E-state index < -0.39 is 5.97 Å². The lowest BCUT2D eigenvalue weighted by Gasteiger charge is -2.13. The van der Waals surface area contributed by atoms with E-state index in [4.69, 9.17) is 5.11 Å². The van der Waals surface area contributed by atoms with Crippen molar-refractivity contribution in [2.45, 2.75) is 26.2 Å². The number of carbonyl (C=O) groups is 1. The van der Waals surface area contributed by atoms with Crippen LogP contribution in [-0.4, -0.2) is 25.2 Å². The van der Waals surface area contributed by atoms with Gasteiger partial charge in [0.05, 0.1) is 0 Å². The fraction of sp³-hybridized carbons (Fsp3) is 0.350. The van der Waals surface area contributed by atoms with Gasteiger partial charge in [-0.15, -0.1) is 0 Å². The van der Waals surface area contributed by atoms with Crippen molar-refractivity contribution in [3.8, 4) is 11.1 Å². The molecular formula is C20H25NO2. The van der Waals surface area contributed by atoms with Crippen molar-refractivity contribution in [2.24, 2.45) is 5.92 Å². The Kier molecular flexibility index (Phi) is 5.80. The Morgan fingerprint density at radius 1 is 1.00 bits per heavy atom. The third-order valence-electron chi connectivity index (χ3n) is 4.12. The predicted molar refractivity (Wildman–Crippen MR) is 95.9 cm³/mol. The second-order valence-corrected chi connectivity index (χ2v) is 6.38. The molecule has 0 heterocycles. The van der Waals surface area contributed by atoms with Gasteiger partial charge in [-0.3, -0.25) is 4.79 Å². The number of hydrogen-bond donors (Lipinski definition) is 1. The maximum absolute atomic E-state index is 10.7. The smallest absolute Gasteiger partial charge is 0.303 e. The van der Waals surface area contributed by atoms with Crippen LogP contribution in [0.2, 0.25) is 0 Å². The van der Waals surface area contributed by atoms with Crippen LogP contribution in [0.1, 0.15) is 25.3 Å². The quantitative estimate of drug-likeness (QED) is 0.820. The Bertz CT molecular complexity index is 630. The summed E-state index contributed by atoms with van der Waals surface area (Å²) in [6.45, 7) is 1.99. The summed E-state index contributed by atoms with van der Waals surface area (Å²) in [5, 5.41) is 8.79. The van der Waals surface area contributed by atoms with Crippen LogP contribution >= 0.6 is 0 Å². The molecule has 0 fully saturated rings. The zero-order valence-corrected chi connectivity index (χ0v) is 14.1. The first kappa shape index (κ1) is 17.1. The van der Waals surface area contributed by atoms with Gasteiger partial charge in [-0.05, 0) is 47.6 Å². The van der Waals surface area contributed by atoms with Gasteiger partial charge in [-0.25, -0.2) is 0 Å². The highest BCUT2D eigenvalue weighted by atomic mass is 16.4. The summed E-state index contributed by atoms with van der Waals surface area (Å²) >= 11 is 0. The lowest BCUT2D eigenvalue weighted by Crippen LogP contribution is -2.07. The molecule has 0 radical (unpaired) electrons. The van der Waals surface area contributed by atoms with Crippen LogP contribution in [-0.2, 0) is 11.2 Å². The molecule has 0 amide bonds. The van der Waals surface area contributed by atoms with Gasteiger partial charge >= 0.3 is 5.97 Å². The van der Waals surface area contributed by atoms with Gasteiger partial charge in [0.1, 0.15) is 0 Å². The average Bonchev–Trinajstić information content (AvgIpc) is 2.53. The van der Waals surface area contributed by atoms with Crippen molar-refractivity contribution in [3.05, 3.63) is 54.1 Å². The van der Waals surface area contributed by atoms with Crippen molar-refractivity contribution in [1.29, 1.82) is 0 Å². The Morgan fingerprint density at radius 2 is 1.52 bits per heavy atom. The molecule has 3 heteroatoms. The molecule has 3 nitrogen and oxygen atoms in total. The van der Waals surface area contributed by atoms with Gasteiger partial charge in [0.15, 0.2) is 0 Å². The zero-order valence-electron chi connectivity index (χ0n) is 14.1. The molecule has 0 bridgehead atoms. The van der Waals surface area contributed by atoms with Crippen LogP contribution in [0.15, 0.2) is 48.5 Å². The van der Waals surface area contributed by atoms with Crippen molar-refractivity contribution in [3.63, 3.8) is 0 Å². The number of carboxylic acids is 1. The maximum Gasteiger partial charge on any atom is 0.303 e. The van der Waals surface area contributed by atoms with E-state index in [9.17, 15) is 4.79 Å². The Labute approximate surface area is 138 Å². The van der Waals surface area contributed by atoms with Gasteiger partial charge in [0.2, 0.25) is 0 Å². The summed E-state index contributed by atoms with van der Waals surface area (Å²) in [7, 11) is 4.07. The molecule has 0 saturated carbocycles. The second kappa shape index (κ2) is 7.82. The van der Waals surface area contributed by atoms with Gasteiger partial charge < -0.3 is 10.0 Å². The first-order chi connectivity index (χ1) is 11.0. The number of rotatable bonds is 7. The van der Waals surface area contributed by atoms with Gasteiger partial charge in [-0.2, -0.15) is 0 Å². The Morgan fingerprint density at radius 3 is 2.00 bits per heavy atom. The second-order valence-electron chi connectivity index (χ2n) is 6.38. The molecule has 0 saturated heterocycles. The van der Waals surface area contributed by atoms with E-state index in [-0.39, 0.29) is 12.3 Å². The highest BCUT2D eigenvalue weighted by Gasteiger charge is 2.08. The molecule has 0 aromatic heterocycles. The van der Waals surface area contributed by atoms with E-state index in [0.717, 1.165) is 12.8 Å². The highest BCUT2D eigenvalue weighted by molar-refractivity contribution is 5.67. The molecule has 1 unspecified atom stereocenters. The number of aryl methyl sites for hydroxylation is 1. The van der Waals surface area contributed by atoms with Gasteiger partial charge in [0, 0.05) is 26.2 Å². The minimum absolute atomic E-state index is 0.214. The molecule has 0 aliphatic heterocycles. The van der Waals surface area contributed by atoms with Crippen LogP contribution in [0.3, 0.4) is 0 Å². The molecular weight excluding hydrogens is 286 g/mol. The minimum atomic E-state index is -0.714. The van der Waals surface area contributed by atoms with Crippen molar-refractivity contribution >= 4 is 11.7 Å². The molecule has 0 aliphatic rings. The fourth-order valence-corrected chi connectivity index (χ4v) is 2.63. The van der Waals surface area contributed by atoms with Crippen molar-refractivity contribution in [2.75, 3.05) is 19.0 Å². The summed E-state index contributed by atoms with van der Waals surface area (Å²) < 4.78 is 0. The number of anilines is 1. The number of carboxylic acid groups (broad SMARTS) is 1. The summed E-state index contributed by atoms with van der Waals surface area (Å²) in [5.74, 6) is -0.500. The van der Waals surface area contributed by atoms with E-state index in [1.807, 2.05) is 21.0 Å². The van der Waals surface area contributed by atoms with Crippen molar-refractivity contribution in [1.82, 2.24) is 0 Å². The van der Waals surface area contributed by atoms with E-state index in [1.165, 1.54) is 22.4 Å². The van der Waals surface area contributed by atoms with Crippen LogP contribution in [0.5, 0.6) is 0 Å². The molecule has 2 rings (SSSR count). The minimum Gasteiger partial charge on any atom is -0.481 e. The van der Waals surface area contributed by atoms with Gasteiger partial charge in [0.25, 0.3) is 0 Å². The van der Waals surface area contributed by atoms with E-state index in [1.54, 1.807) is 0 Å². The largest absolute Gasteiger partial charge is 0.481 e. The van der Waals surface area contributed by atoms with E-state index in [0.29, 0.717) is 0 Å². The van der Waals surface area contributed by atoms with Crippen LogP contribution < -0.4 is 4.90 Å². The fourth-order valence-electron chi connectivity index (χ4n) is 2.63. The summed E-state index contributed by atoms with van der Waals surface area (Å²) in [4.78, 5) is 12.8. The van der Waals surface area contributed by atoms with Crippen molar-refractivity contribution < 1.29 is 9.90 Å². The Balaban J connectivity index is 1.97.